The van der Waals surface area contributed by atoms with E-state index in [9.17, 15) is 4.79 Å². The van der Waals surface area contributed by atoms with Gasteiger partial charge in [0.2, 0.25) is 0 Å². The van der Waals surface area contributed by atoms with E-state index in [1.807, 2.05) is 55.5 Å². The lowest BCUT2D eigenvalue weighted by Crippen LogP contribution is -2.25. The third-order valence-corrected chi connectivity index (χ3v) is 5.37. The van der Waals surface area contributed by atoms with Crippen molar-refractivity contribution in [1.29, 1.82) is 0 Å². The molecule has 0 bridgehead atoms. The zero-order valence-corrected chi connectivity index (χ0v) is 16.8. The number of benzene rings is 2. The number of fused-ring (bicyclic) bond motifs is 2. The van der Waals surface area contributed by atoms with Crippen LogP contribution in [0.4, 0.5) is 5.82 Å². The maximum absolute atomic E-state index is 13.5. The maximum Gasteiger partial charge on any atom is 0.264 e. The number of H-pyrrole nitrogens is 1. The quantitative estimate of drug-likeness (QED) is 0.411. The zero-order chi connectivity index (χ0) is 20.7. The summed E-state index contributed by atoms with van der Waals surface area (Å²) < 4.78 is 1.69. The highest BCUT2D eigenvalue weighted by Gasteiger charge is 2.19. The first-order valence-corrected chi connectivity index (χ1v) is 9.81. The van der Waals surface area contributed by atoms with Gasteiger partial charge in [0.05, 0.1) is 22.8 Å². The van der Waals surface area contributed by atoms with Gasteiger partial charge in [-0.05, 0) is 36.6 Å². The van der Waals surface area contributed by atoms with Crippen LogP contribution in [0.3, 0.4) is 0 Å². The fourth-order valence-electron chi connectivity index (χ4n) is 3.66. The molecule has 156 valence electrons. The van der Waals surface area contributed by atoms with E-state index >= 15 is 0 Å². The number of pyridine rings is 1. The Hall–Kier alpha value is -3.71. The van der Waals surface area contributed by atoms with Crippen LogP contribution < -0.4 is 10.9 Å². The average Bonchev–Trinajstić information content (AvgIpc) is 3.24. The first-order valence-electron chi connectivity index (χ1n) is 9.43. The number of imidazole rings is 1. The lowest BCUT2D eigenvalue weighted by Gasteiger charge is -2.21. The second-order valence-corrected chi connectivity index (χ2v) is 7.35. The molecule has 3 heterocycles. The van der Waals surface area contributed by atoms with Crippen LogP contribution in [0.25, 0.3) is 27.6 Å². The summed E-state index contributed by atoms with van der Waals surface area (Å²) in [6.45, 7) is 1.98. The number of hydrogen-bond acceptors (Lipinski definition) is 5. The number of aromatic amines is 1. The molecule has 0 unspecified atom stereocenters. The Morgan fingerprint density at radius 3 is 2.68 bits per heavy atom. The van der Waals surface area contributed by atoms with Crippen molar-refractivity contribution in [3.8, 4) is 5.69 Å². The summed E-state index contributed by atoms with van der Waals surface area (Å²) in [5, 5.41) is 5.11. The number of para-hydroxylation sites is 1. The van der Waals surface area contributed by atoms with E-state index in [-0.39, 0.29) is 19.0 Å². The fourth-order valence-corrected chi connectivity index (χ4v) is 3.92. The SMILES string of the molecule is C.C[C@H](Nc1ncnc2nc[nH]c12)c1cc2cccc(Cl)c2c(=O)n1-c1ccccc1. The lowest BCUT2D eigenvalue weighted by atomic mass is 10.1. The molecule has 2 aromatic carbocycles. The lowest BCUT2D eigenvalue weighted by molar-refractivity contribution is 0.774. The van der Waals surface area contributed by atoms with Crippen molar-refractivity contribution in [2.24, 2.45) is 0 Å². The molecule has 0 radical (unpaired) electrons. The summed E-state index contributed by atoms with van der Waals surface area (Å²) in [6.07, 6.45) is 3.04. The van der Waals surface area contributed by atoms with Gasteiger partial charge in [-0.3, -0.25) is 9.36 Å². The van der Waals surface area contributed by atoms with Crippen molar-refractivity contribution < 1.29 is 0 Å². The van der Waals surface area contributed by atoms with E-state index in [0.29, 0.717) is 27.4 Å². The Labute approximate surface area is 183 Å². The molecule has 0 spiro atoms. The molecule has 1 atom stereocenters. The second-order valence-electron chi connectivity index (χ2n) is 6.94. The summed E-state index contributed by atoms with van der Waals surface area (Å²) in [5.41, 5.74) is 2.67. The molecule has 0 fully saturated rings. The Bertz CT molecular complexity index is 1430. The number of rotatable bonds is 4. The molecular weight excluding hydrogens is 412 g/mol. The molecule has 0 aliphatic rings. The Morgan fingerprint density at radius 2 is 1.87 bits per heavy atom. The number of nitrogens with zero attached hydrogens (tertiary/aromatic N) is 4. The molecule has 8 heteroatoms. The Kier molecular flexibility index (Phi) is 5.44. The van der Waals surface area contributed by atoms with E-state index < -0.39 is 0 Å². The fraction of sp³-hybridized carbons (Fsp3) is 0.130. The molecule has 0 saturated heterocycles. The standard InChI is InChI=1S/C22H17ClN6O.CH4/c1-13(28-21-19-20(25-11-24-19)26-12-27-21)17-10-14-6-5-9-16(23)18(14)22(30)29(17)15-7-3-2-4-8-15;/h2-13H,1H3,(H2,24,25,26,27,28);1H4/t13-;/m0./s1. The van der Waals surface area contributed by atoms with E-state index in [1.54, 1.807) is 17.0 Å². The van der Waals surface area contributed by atoms with Crippen LogP contribution in [-0.4, -0.2) is 24.5 Å². The van der Waals surface area contributed by atoms with Crippen LogP contribution >= 0.6 is 11.6 Å². The number of halogens is 1. The predicted octanol–water partition coefficient (Wildman–Crippen LogP) is 5.12. The van der Waals surface area contributed by atoms with Gasteiger partial charge in [0.1, 0.15) is 11.8 Å². The zero-order valence-electron chi connectivity index (χ0n) is 16.0. The number of hydrogen-bond donors (Lipinski definition) is 2. The van der Waals surface area contributed by atoms with E-state index in [1.165, 1.54) is 6.33 Å². The largest absolute Gasteiger partial charge is 0.360 e. The van der Waals surface area contributed by atoms with Gasteiger partial charge in [0.15, 0.2) is 11.5 Å². The molecule has 5 aromatic rings. The summed E-state index contributed by atoms with van der Waals surface area (Å²) >= 11 is 6.38. The van der Waals surface area contributed by atoms with E-state index in [4.69, 9.17) is 11.6 Å². The summed E-state index contributed by atoms with van der Waals surface area (Å²) in [6, 6.07) is 16.7. The minimum atomic E-state index is -0.248. The van der Waals surface area contributed by atoms with Gasteiger partial charge in [-0.15, -0.1) is 0 Å². The Balaban J connectivity index is 0.00000231. The first kappa shape index (κ1) is 20.6. The number of nitrogens with one attached hydrogen (secondary N) is 2. The van der Waals surface area contributed by atoms with Crippen LogP contribution in [0.5, 0.6) is 0 Å². The van der Waals surface area contributed by atoms with Crippen LogP contribution in [0.1, 0.15) is 26.1 Å². The van der Waals surface area contributed by atoms with Crippen LogP contribution in [0, 0.1) is 0 Å². The smallest absolute Gasteiger partial charge is 0.264 e. The molecule has 3 aromatic heterocycles. The number of anilines is 1. The summed E-state index contributed by atoms with van der Waals surface area (Å²) in [5.74, 6) is 0.614. The molecule has 0 amide bonds. The van der Waals surface area contributed by atoms with E-state index in [2.05, 4.69) is 25.3 Å². The second kappa shape index (κ2) is 8.20. The highest BCUT2D eigenvalue weighted by Crippen LogP contribution is 2.27. The van der Waals surface area contributed by atoms with Gasteiger partial charge in [0, 0.05) is 11.4 Å². The highest BCUT2D eigenvalue weighted by atomic mass is 35.5. The predicted molar refractivity (Wildman–Crippen MR) is 125 cm³/mol. The van der Waals surface area contributed by atoms with Crippen molar-refractivity contribution in [3.05, 3.63) is 88.3 Å². The van der Waals surface area contributed by atoms with Crippen LogP contribution in [0.2, 0.25) is 5.02 Å². The molecule has 0 saturated carbocycles. The van der Waals surface area contributed by atoms with Gasteiger partial charge >= 0.3 is 0 Å². The Morgan fingerprint density at radius 1 is 1.06 bits per heavy atom. The molecule has 31 heavy (non-hydrogen) atoms. The number of aromatic nitrogens is 5. The van der Waals surface area contributed by atoms with Gasteiger partial charge in [-0.1, -0.05) is 49.4 Å². The van der Waals surface area contributed by atoms with Crippen molar-refractivity contribution in [3.63, 3.8) is 0 Å². The first-order chi connectivity index (χ1) is 14.6. The monoisotopic (exact) mass is 432 g/mol. The normalized spacial score (nSPS) is 11.9. The molecule has 5 rings (SSSR count). The molecule has 7 nitrogen and oxygen atoms in total. The van der Waals surface area contributed by atoms with Gasteiger partial charge in [0.25, 0.3) is 5.56 Å². The van der Waals surface area contributed by atoms with Crippen molar-refractivity contribution in [1.82, 2.24) is 24.5 Å². The topological polar surface area (TPSA) is 88.5 Å². The minimum absolute atomic E-state index is 0. The summed E-state index contributed by atoms with van der Waals surface area (Å²) in [7, 11) is 0. The van der Waals surface area contributed by atoms with Gasteiger partial charge in [-0.25, -0.2) is 15.0 Å². The van der Waals surface area contributed by atoms with Crippen molar-refractivity contribution in [2.75, 3.05) is 5.32 Å². The molecule has 0 aliphatic heterocycles. The summed E-state index contributed by atoms with van der Waals surface area (Å²) in [4.78, 5) is 29.2. The van der Waals surface area contributed by atoms with E-state index in [0.717, 1.165) is 16.8 Å². The maximum atomic E-state index is 13.5. The van der Waals surface area contributed by atoms with Crippen molar-refractivity contribution >= 4 is 39.4 Å². The van der Waals surface area contributed by atoms with Crippen LogP contribution in [-0.2, 0) is 0 Å². The van der Waals surface area contributed by atoms with Crippen LogP contribution in [0.15, 0.2) is 72.0 Å². The van der Waals surface area contributed by atoms with Gasteiger partial charge in [-0.2, -0.15) is 0 Å². The average molecular weight is 433 g/mol. The minimum Gasteiger partial charge on any atom is -0.360 e. The van der Waals surface area contributed by atoms with Gasteiger partial charge < -0.3 is 10.3 Å². The molecular formula is C23H21ClN6O. The highest BCUT2D eigenvalue weighted by molar-refractivity contribution is 6.35. The molecule has 2 N–H and O–H groups in total. The third-order valence-electron chi connectivity index (χ3n) is 5.06. The van der Waals surface area contributed by atoms with Crippen molar-refractivity contribution in [2.45, 2.75) is 20.4 Å². The third kappa shape index (κ3) is 3.53. The molecule has 0 aliphatic carbocycles.